The molecule has 7 unspecified atom stereocenters. The number of hydrogen-bond acceptors (Lipinski definition) is 0. The molecule has 5 rings (SSSR count). The monoisotopic (exact) mass is 258 g/mol. The summed E-state index contributed by atoms with van der Waals surface area (Å²) in [5, 5.41) is 0. The van der Waals surface area contributed by atoms with Crippen LogP contribution in [0.25, 0.3) is 0 Å². The Bertz CT molecular complexity index is 361. The summed E-state index contributed by atoms with van der Waals surface area (Å²) >= 11 is 0. The van der Waals surface area contributed by atoms with Gasteiger partial charge in [-0.25, -0.2) is 0 Å². The molecular weight excluding hydrogens is 227 g/mol. The van der Waals surface area contributed by atoms with Crippen molar-refractivity contribution in [1.82, 2.24) is 0 Å². The Kier molecular flexibility index (Phi) is 2.88. The van der Waals surface area contributed by atoms with E-state index in [1.54, 1.807) is 52.2 Å². The van der Waals surface area contributed by atoms with Gasteiger partial charge in [-0.15, -0.1) is 0 Å². The second-order valence-electron chi connectivity index (χ2n) is 9.15. The van der Waals surface area contributed by atoms with Crippen LogP contribution >= 0.6 is 0 Å². The topological polar surface area (TPSA) is 0 Å². The van der Waals surface area contributed by atoms with Crippen molar-refractivity contribution in [3.8, 4) is 0 Å². The molecule has 2 saturated heterocycles. The van der Waals surface area contributed by atoms with Gasteiger partial charge in [-0.05, 0) is 47.8 Å². The molecule has 1 heteroatoms. The van der Waals surface area contributed by atoms with Gasteiger partial charge < -0.3 is 0 Å². The van der Waals surface area contributed by atoms with E-state index in [1.165, 1.54) is 0 Å². The molecule has 19 heavy (non-hydrogen) atoms. The Balaban J connectivity index is 1.51. The molecule has 0 spiro atoms. The minimum atomic E-state index is 0.680. The SMILES string of the molecule is CC1C(C2CCC3BC2CCC3)CC2CC1C2(C)C. The van der Waals surface area contributed by atoms with Crippen LogP contribution in [0.2, 0.25) is 11.6 Å². The first-order valence-corrected chi connectivity index (χ1v) is 9.07. The van der Waals surface area contributed by atoms with E-state index in [2.05, 4.69) is 20.8 Å². The molecule has 0 nitrogen and oxygen atoms in total. The van der Waals surface area contributed by atoms with Crippen molar-refractivity contribution in [2.24, 2.45) is 35.0 Å². The highest BCUT2D eigenvalue weighted by Gasteiger charge is 2.58. The predicted molar refractivity (Wildman–Crippen MR) is 83.9 cm³/mol. The molecule has 7 atom stereocenters. The molecule has 0 aromatic heterocycles. The van der Waals surface area contributed by atoms with Crippen LogP contribution < -0.4 is 0 Å². The molecule has 2 heterocycles. The molecule has 3 aliphatic carbocycles. The minimum absolute atomic E-state index is 0.680. The van der Waals surface area contributed by atoms with E-state index in [9.17, 15) is 0 Å². The lowest BCUT2D eigenvalue weighted by Gasteiger charge is -2.64. The van der Waals surface area contributed by atoms with E-state index in [0.717, 1.165) is 41.2 Å². The van der Waals surface area contributed by atoms with E-state index in [-0.39, 0.29) is 0 Å². The summed E-state index contributed by atoms with van der Waals surface area (Å²) in [5.74, 6) is 7.61. The van der Waals surface area contributed by atoms with Gasteiger partial charge >= 0.3 is 0 Å². The van der Waals surface area contributed by atoms with Crippen molar-refractivity contribution in [1.29, 1.82) is 0 Å². The van der Waals surface area contributed by atoms with Gasteiger partial charge in [0.1, 0.15) is 7.28 Å². The molecule has 3 saturated carbocycles. The zero-order chi connectivity index (χ0) is 13.2. The van der Waals surface area contributed by atoms with Crippen LogP contribution in [0.4, 0.5) is 0 Å². The molecule has 5 aliphatic rings. The van der Waals surface area contributed by atoms with E-state index in [0.29, 0.717) is 5.41 Å². The van der Waals surface area contributed by atoms with E-state index in [1.807, 2.05) is 0 Å². The first-order valence-electron chi connectivity index (χ1n) is 9.07. The first kappa shape index (κ1) is 12.8. The van der Waals surface area contributed by atoms with Crippen molar-refractivity contribution < 1.29 is 0 Å². The summed E-state index contributed by atoms with van der Waals surface area (Å²) in [4.78, 5) is 0. The quantitative estimate of drug-likeness (QED) is 0.586. The molecule has 106 valence electrons. The summed E-state index contributed by atoms with van der Waals surface area (Å²) in [6.45, 7) is 7.72. The lowest BCUT2D eigenvalue weighted by molar-refractivity contribution is -0.142. The Hall–Kier alpha value is 0.0649. The van der Waals surface area contributed by atoms with Crippen LogP contribution in [0.15, 0.2) is 0 Å². The van der Waals surface area contributed by atoms with Crippen molar-refractivity contribution >= 4 is 7.28 Å². The van der Waals surface area contributed by atoms with Crippen LogP contribution in [-0.2, 0) is 0 Å². The number of rotatable bonds is 1. The maximum absolute atomic E-state index is 2.61. The fourth-order valence-corrected chi connectivity index (χ4v) is 6.97. The van der Waals surface area contributed by atoms with E-state index >= 15 is 0 Å². The minimum Gasteiger partial charge on any atom is -0.0654 e. The van der Waals surface area contributed by atoms with Gasteiger partial charge in [0, 0.05) is 0 Å². The smallest absolute Gasteiger partial charge is 0.0654 e. The lowest BCUT2D eigenvalue weighted by Crippen LogP contribution is -2.56. The second-order valence-corrected chi connectivity index (χ2v) is 9.15. The van der Waals surface area contributed by atoms with Crippen LogP contribution in [0.3, 0.4) is 0 Å². The normalized spacial score (nSPS) is 55.0. The highest BCUT2D eigenvalue weighted by molar-refractivity contribution is 6.40. The average Bonchev–Trinajstić information content (AvgIpc) is 2.39. The third kappa shape index (κ3) is 1.79. The molecule has 4 bridgehead atoms. The largest absolute Gasteiger partial charge is 0.127 e. The van der Waals surface area contributed by atoms with Crippen molar-refractivity contribution in [3.63, 3.8) is 0 Å². The number of hydrogen-bond donors (Lipinski definition) is 0. The van der Waals surface area contributed by atoms with E-state index < -0.39 is 0 Å². The lowest BCUT2D eigenvalue weighted by atomic mass is 9.36. The zero-order valence-corrected chi connectivity index (χ0v) is 13.2. The zero-order valence-electron chi connectivity index (χ0n) is 13.2. The molecule has 0 N–H and O–H groups in total. The average molecular weight is 258 g/mol. The van der Waals surface area contributed by atoms with Crippen LogP contribution in [0, 0.1) is 35.0 Å². The van der Waals surface area contributed by atoms with Crippen molar-refractivity contribution in [2.45, 2.75) is 77.4 Å². The van der Waals surface area contributed by atoms with Crippen molar-refractivity contribution in [2.75, 3.05) is 0 Å². The third-order valence-electron chi connectivity index (χ3n) is 8.30. The molecule has 5 fully saturated rings. The van der Waals surface area contributed by atoms with Crippen LogP contribution in [0.1, 0.15) is 65.7 Å². The summed E-state index contributed by atoms with van der Waals surface area (Å²) in [5.41, 5.74) is 0.680. The summed E-state index contributed by atoms with van der Waals surface area (Å²) < 4.78 is 0. The van der Waals surface area contributed by atoms with E-state index in [4.69, 9.17) is 0 Å². The van der Waals surface area contributed by atoms with Gasteiger partial charge in [-0.3, -0.25) is 0 Å². The predicted octanol–water partition coefficient (Wildman–Crippen LogP) is 4.91. The fraction of sp³-hybridized carbons (Fsp3) is 1.00. The fourth-order valence-electron chi connectivity index (χ4n) is 6.97. The Morgan fingerprint density at radius 3 is 2.53 bits per heavy atom. The second kappa shape index (κ2) is 4.28. The van der Waals surface area contributed by atoms with Gasteiger partial charge in [0.15, 0.2) is 0 Å². The maximum atomic E-state index is 2.61. The molecule has 0 aromatic carbocycles. The number of fused-ring (bicyclic) bond motifs is 4. The first-order chi connectivity index (χ1) is 9.07. The summed E-state index contributed by atoms with van der Waals surface area (Å²) in [7, 11) is 1.60. The van der Waals surface area contributed by atoms with Crippen molar-refractivity contribution in [3.05, 3.63) is 0 Å². The summed E-state index contributed by atoms with van der Waals surface area (Å²) in [6, 6.07) is 0. The standard InChI is InChI=1S/C18H31B/c1-11-15(9-12-10-16(11)18(12,2)3)14-8-7-13-5-4-6-17(14)19-13/h11-17,19H,4-10H2,1-3H3. The Morgan fingerprint density at radius 1 is 0.947 bits per heavy atom. The Morgan fingerprint density at radius 2 is 1.79 bits per heavy atom. The van der Waals surface area contributed by atoms with Gasteiger partial charge in [-0.2, -0.15) is 0 Å². The van der Waals surface area contributed by atoms with Crippen LogP contribution in [0.5, 0.6) is 0 Å². The van der Waals surface area contributed by atoms with Gasteiger partial charge in [0.05, 0.1) is 0 Å². The highest BCUT2D eigenvalue weighted by atomic mass is 14.6. The van der Waals surface area contributed by atoms with Gasteiger partial charge in [0.25, 0.3) is 0 Å². The Labute approximate surface area is 120 Å². The third-order valence-corrected chi connectivity index (χ3v) is 8.30. The molecule has 2 aliphatic heterocycles. The molecular formula is C18H31B. The molecule has 0 amide bonds. The summed E-state index contributed by atoms with van der Waals surface area (Å²) in [6.07, 6.45) is 11.0. The molecule has 0 radical (unpaired) electrons. The van der Waals surface area contributed by atoms with Crippen LogP contribution in [-0.4, -0.2) is 7.28 Å². The molecule has 0 aromatic rings. The van der Waals surface area contributed by atoms with Gasteiger partial charge in [-0.1, -0.05) is 64.5 Å². The highest BCUT2D eigenvalue weighted by Crippen LogP contribution is 2.66. The van der Waals surface area contributed by atoms with Gasteiger partial charge in [0.2, 0.25) is 0 Å². The maximum Gasteiger partial charge on any atom is 0.127 e.